The largest absolute Gasteiger partial charge is 0.463 e. The van der Waals surface area contributed by atoms with E-state index in [1.807, 2.05) is 5.32 Å². The Bertz CT molecular complexity index is 821. The molecular weight excluding hydrogens is 392 g/mol. The van der Waals surface area contributed by atoms with Crippen LogP contribution in [0.5, 0.6) is 0 Å². The van der Waals surface area contributed by atoms with Crippen LogP contribution in [0.1, 0.15) is 44.5 Å². The average molecular weight is 412 g/mol. The van der Waals surface area contributed by atoms with Crippen LogP contribution in [0.15, 0.2) is 6.33 Å². The molecule has 1 saturated heterocycles. The molecule has 13 nitrogen and oxygen atoms in total. The van der Waals surface area contributed by atoms with Gasteiger partial charge in [-0.2, -0.15) is 0 Å². The highest BCUT2D eigenvalue weighted by Gasteiger charge is 2.51. The first-order chi connectivity index (χ1) is 13.6. The lowest BCUT2D eigenvalue weighted by molar-refractivity contribution is -0.166. The Labute approximate surface area is 164 Å². The molecule has 2 heterocycles. The number of nitrogens with zero attached hydrogens (tertiary/aromatic N) is 3. The topological polar surface area (TPSA) is 165 Å². The first-order valence-electron chi connectivity index (χ1n) is 8.44. The van der Waals surface area contributed by atoms with Gasteiger partial charge in [0, 0.05) is 27.7 Å². The van der Waals surface area contributed by atoms with E-state index in [0.717, 1.165) is 31.8 Å². The minimum atomic E-state index is -1.16. The quantitative estimate of drug-likeness (QED) is 0.444. The van der Waals surface area contributed by atoms with Gasteiger partial charge in [0.15, 0.2) is 18.4 Å². The number of rotatable bonds is 6. The van der Waals surface area contributed by atoms with Crippen LogP contribution in [0.3, 0.4) is 0 Å². The standard InChI is InChI=1S/C16H20N4O9/c1-7(21)18-15(25)14-17-6-20(19-14)16-13(28-10(4)24)12(27-9(3)23)11(29-16)5-26-8(2)22/h6,11-13,16H,5H2,1-4H3,(H,18,21,25)/t11-,12-,13-,16-/m1/s1. The molecule has 0 aromatic carbocycles. The Hall–Kier alpha value is -3.35. The van der Waals surface area contributed by atoms with Crippen molar-refractivity contribution in [1.82, 2.24) is 20.1 Å². The van der Waals surface area contributed by atoms with Crippen LogP contribution < -0.4 is 5.32 Å². The van der Waals surface area contributed by atoms with E-state index < -0.39 is 54.3 Å². The van der Waals surface area contributed by atoms with Crippen LogP contribution in [-0.2, 0) is 38.1 Å². The third kappa shape index (κ3) is 5.81. The fraction of sp³-hybridized carbons (Fsp3) is 0.562. The summed E-state index contributed by atoms with van der Waals surface area (Å²) in [5, 5.41) is 5.94. The molecule has 0 spiro atoms. The Morgan fingerprint density at radius 3 is 2.21 bits per heavy atom. The van der Waals surface area contributed by atoms with E-state index in [1.54, 1.807) is 0 Å². The minimum absolute atomic E-state index is 0.284. The smallest absolute Gasteiger partial charge is 0.303 e. The van der Waals surface area contributed by atoms with Crippen molar-refractivity contribution in [3.8, 4) is 0 Å². The van der Waals surface area contributed by atoms with Crippen molar-refractivity contribution < 1.29 is 42.9 Å². The Kier molecular flexibility index (Phi) is 6.98. The summed E-state index contributed by atoms with van der Waals surface area (Å²) in [4.78, 5) is 60.9. The molecule has 4 atom stereocenters. The Balaban J connectivity index is 2.32. The summed E-state index contributed by atoms with van der Waals surface area (Å²) in [6.45, 7) is 4.35. The van der Waals surface area contributed by atoms with Gasteiger partial charge in [0.2, 0.25) is 11.7 Å². The molecule has 1 N–H and O–H groups in total. The fourth-order valence-electron chi connectivity index (χ4n) is 2.62. The molecule has 1 fully saturated rings. The summed E-state index contributed by atoms with van der Waals surface area (Å²) >= 11 is 0. The molecule has 29 heavy (non-hydrogen) atoms. The predicted octanol–water partition coefficient (Wildman–Crippen LogP) is -1.12. The summed E-state index contributed by atoms with van der Waals surface area (Å²) in [6.07, 6.45) is -3.28. The minimum Gasteiger partial charge on any atom is -0.463 e. The van der Waals surface area contributed by atoms with Crippen LogP contribution in [0.2, 0.25) is 0 Å². The normalized spacial score (nSPS) is 23.2. The molecule has 1 aliphatic rings. The van der Waals surface area contributed by atoms with E-state index in [9.17, 15) is 24.0 Å². The van der Waals surface area contributed by atoms with Gasteiger partial charge in [-0.3, -0.25) is 29.3 Å². The van der Waals surface area contributed by atoms with E-state index >= 15 is 0 Å². The van der Waals surface area contributed by atoms with E-state index in [4.69, 9.17) is 18.9 Å². The Morgan fingerprint density at radius 1 is 1.03 bits per heavy atom. The highest BCUT2D eigenvalue weighted by atomic mass is 16.7. The Morgan fingerprint density at radius 2 is 1.66 bits per heavy atom. The molecule has 0 saturated carbocycles. The summed E-state index contributed by atoms with van der Waals surface area (Å²) in [5.74, 6) is -3.73. The van der Waals surface area contributed by atoms with Gasteiger partial charge in [0.1, 0.15) is 19.0 Å². The molecule has 1 aliphatic heterocycles. The van der Waals surface area contributed by atoms with E-state index in [2.05, 4.69) is 10.1 Å². The number of carbonyl (C=O) groups excluding carboxylic acids is 5. The maximum Gasteiger partial charge on any atom is 0.303 e. The second kappa shape index (κ2) is 9.23. The maximum absolute atomic E-state index is 11.9. The lowest BCUT2D eigenvalue weighted by Crippen LogP contribution is -2.40. The monoisotopic (exact) mass is 412 g/mol. The van der Waals surface area contributed by atoms with Gasteiger partial charge in [0.25, 0.3) is 5.91 Å². The first kappa shape index (κ1) is 21.9. The summed E-state index contributed by atoms with van der Waals surface area (Å²) < 4.78 is 22.2. The van der Waals surface area contributed by atoms with Gasteiger partial charge in [-0.05, 0) is 0 Å². The van der Waals surface area contributed by atoms with Gasteiger partial charge in [-0.1, -0.05) is 0 Å². The zero-order valence-electron chi connectivity index (χ0n) is 16.1. The molecule has 0 unspecified atom stereocenters. The van der Waals surface area contributed by atoms with Gasteiger partial charge in [-0.25, -0.2) is 9.67 Å². The summed E-state index contributed by atoms with van der Waals surface area (Å²) in [5.41, 5.74) is 0. The molecule has 2 rings (SSSR count). The second-order valence-electron chi connectivity index (χ2n) is 6.07. The molecule has 1 aromatic heterocycles. The lowest BCUT2D eigenvalue weighted by atomic mass is 10.1. The highest BCUT2D eigenvalue weighted by molar-refractivity contribution is 6.01. The third-order valence-corrected chi connectivity index (χ3v) is 3.60. The van der Waals surface area contributed by atoms with Crippen LogP contribution in [0, 0.1) is 0 Å². The molecule has 13 heteroatoms. The maximum atomic E-state index is 11.9. The number of hydrogen-bond acceptors (Lipinski definition) is 11. The van der Waals surface area contributed by atoms with Gasteiger partial charge < -0.3 is 18.9 Å². The van der Waals surface area contributed by atoms with Crippen molar-refractivity contribution >= 4 is 29.7 Å². The van der Waals surface area contributed by atoms with Gasteiger partial charge in [0.05, 0.1) is 0 Å². The predicted molar refractivity (Wildman–Crippen MR) is 89.8 cm³/mol. The van der Waals surface area contributed by atoms with Crippen molar-refractivity contribution in [1.29, 1.82) is 0 Å². The number of hydrogen-bond donors (Lipinski definition) is 1. The van der Waals surface area contributed by atoms with E-state index in [0.29, 0.717) is 0 Å². The van der Waals surface area contributed by atoms with Crippen molar-refractivity contribution in [2.75, 3.05) is 6.61 Å². The number of ether oxygens (including phenoxy) is 4. The molecule has 2 amide bonds. The molecular formula is C16H20N4O9. The fourth-order valence-corrected chi connectivity index (χ4v) is 2.62. The third-order valence-electron chi connectivity index (χ3n) is 3.60. The summed E-state index contributed by atoms with van der Waals surface area (Å²) in [6, 6.07) is 0. The number of aromatic nitrogens is 3. The summed E-state index contributed by atoms with van der Waals surface area (Å²) in [7, 11) is 0. The van der Waals surface area contributed by atoms with Crippen molar-refractivity contribution in [3.05, 3.63) is 12.2 Å². The zero-order chi connectivity index (χ0) is 21.7. The molecule has 0 bridgehead atoms. The van der Waals surface area contributed by atoms with E-state index in [-0.39, 0.29) is 12.4 Å². The van der Waals surface area contributed by atoms with Crippen LogP contribution in [0.4, 0.5) is 0 Å². The molecule has 0 radical (unpaired) electrons. The highest BCUT2D eigenvalue weighted by Crippen LogP contribution is 2.33. The lowest BCUT2D eigenvalue weighted by Gasteiger charge is -2.23. The SMILES string of the molecule is CC(=O)NC(=O)c1ncn([C@@H]2O[C@H](COC(C)=O)[C@@H](OC(C)=O)[C@H]2OC(C)=O)n1. The van der Waals surface area contributed by atoms with Crippen LogP contribution >= 0.6 is 0 Å². The van der Waals surface area contributed by atoms with Crippen LogP contribution in [-0.4, -0.2) is 69.4 Å². The van der Waals surface area contributed by atoms with Gasteiger partial charge in [-0.15, -0.1) is 5.10 Å². The second-order valence-corrected chi connectivity index (χ2v) is 6.07. The van der Waals surface area contributed by atoms with Crippen molar-refractivity contribution in [2.24, 2.45) is 0 Å². The number of amides is 2. The van der Waals surface area contributed by atoms with Crippen LogP contribution in [0.25, 0.3) is 0 Å². The van der Waals surface area contributed by atoms with Crippen molar-refractivity contribution in [3.63, 3.8) is 0 Å². The molecule has 158 valence electrons. The van der Waals surface area contributed by atoms with E-state index in [1.165, 1.54) is 6.92 Å². The average Bonchev–Trinajstić information content (AvgIpc) is 3.18. The van der Waals surface area contributed by atoms with Gasteiger partial charge >= 0.3 is 17.9 Å². The molecule has 0 aliphatic carbocycles. The number of imide groups is 1. The molecule has 1 aromatic rings. The number of nitrogens with one attached hydrogen (secondary N) is 1. The zero-order valence-corrected chi connectivity index (χ0v) is 16.1. The first-order valence-corrected chi connectivity index (χ1v) is 8.44. The van der Waals surface area contributed by atoms with Crippen molar-refractivity contribution in [2.45, 2.75) is 52.2 Å². The number of esters is 3. The number of carbonyl (C=O) groups is 5.